The van der Waals surface area contributed by atoms with E-state index >= 15 is 0 Å². The Balaban J connectivity index is 1.87. The van der Waals surface area contributed by atoms with Crippen LogP contribution in [-0.4, -0.2) is 16.6 Å². The zero-order valence-corrected chi connectivity index (χ0v) is 11.7. The molecular weight excluding hydrogens is 274 g/mol. The van der Waals surface area contributed by atoms with E-state index < -0.39 is 0 Å². The number of ether oxygens (including phenoxy) is 1. The van der Waals surface area contributed by atoms with Crippen molar-refractivity contribution < 1.29 is 9.15 Å². The molecule has 2 N–H and O–H groups in total. The van der Waals surface area contributed by atoms with Crippen LogP contribution in [0.25, 0.3) is 11.1 Å². The van der Waals surface area contributed by atoms with Crippen LogP contribution in [0.15, 0.2) is 51.1 Å². The van der Waals surface area contributed by atoms with E-state index in [1.807, 2.05) is 31.2 Å². The number of rotatable bonds is 4. The molecule has 0 saturated heterocycles. The topological polar surface area (TPSA) is 74.2 Å². The molecule has 0 fully saturated rings. The molecule has 0 radical (unpaired) electrons. The van der Waals surface area contributed by atoms with Gasteiger partial charge in [-0.2, -0.15) is 0 Å². The van der Waals surface area contributed by atoms with Crippen molar-refractivity contribution in [2.24, 2.45) is 0 Å². The summed E-state index contributed by atoms with van der Waals surface area (Å²) >= 11 is 1.35. The average molecular weight is 287 g/mol. The predicted molar refractivity (Wildman–Crippen MR) is 78.0 cm³/mol. The SMILES string of the molecule is CCOc1cccc(Sc2nc3cc(N)ccc3o2)n1. The maximum absolute atomic E-state index is 5.72. The molecule has 0 aliphatic heterocycles. The number of hydrogen-bond donors (Lipinski definition) is 1. The van der Waals surface area contributed by atoms with Gasteiger partial charge in [0.25, 0.3) is 5.22 Å². The van der Waals surface area contributed by atoms with Crippen LogP contribution in [0.3, 0.4) is 0 Å². The first-order chi connectivity index (χ1) is 9.74. The van der Waals surface area contributed by atoms with E-state index in [0.717, 1.165) is 10.5 Å². The molecule has 0 saturated carbocycles. The highest BCUT2D eigenvalue weighted by Crippen LogP contribution is 2.30. The van der Waals surface area contributed by atoms with E-state index in [4.69, 9.17) is 14.9 Å². The zero-order chi connectivity index (χ0) is 13.9. The highest BCUT2D eigenvalue weighted by atomic mass is 32.2. The number of aromatic nitrogens is 2. The van der Waals surface area contributed by atoms with Crippen molar-refractivity contribution in [3.8, 4) is 5.88 Å². The zero-order valence-electron chi connectivity index (χ0n) is 10.9. The molecule has 2 aromatic heterocycles. The first-order valence-corrected chi connectivity index (χ1v) is 7.00. The van der Waals surface area contributed by atoms with Crippen LogP contribution in [0.1, 0.15) is 6.92 Å². The van der Waals surface area contributed by atoms with Crippen LogP contribution in [0.5, 0.6) is 5.88 Å². The highest BCUT2D eigenvalue weighted by molar-refractivity contribution is 7.99. The van der Waals surface area contributed by atoms with Crippen LogP contribution in [0.4, 0.5) is 5.69 Å². The normalized spacial score (nSPS) is 10.8. The first kappa shape index (κ1) is 12.8. The first-order valence-electron chi connectivity index (χ1n) is 6.18. The number of anilines is 1. The largest absolute Gasteiger partial charge is 0.478 e. The van der Waals surface area contributed by atoms with Crippen LogP contribution in [0, 0.1) is 0 Å². The fourth-order valence-corrected chi connectivity index (χ4v) is 2.47. The Morgan fingerprint density at radius 1 is 1.25 bits per heavy atom. The predicted octanol–water partition coefficient (Wildman–Crippen LogP) is 3.35. The van der Waals surface area contributed by atoms with Crippen molar-refractivity contribution in [1.29, 1.82) is 0 Å². The maximum atomic E-state index is 5.72. The second kappa shape index (κ2) is 5.42. The van der Waals surface area contributed by atoms with Gasteiger partial charge in [-0.25, -0.2) is 9.97 Å². The molecule has 102 valence electrons. The number of nitrogen functional groups attached to an aromatic ring is 1. The van der Waals surface area contributed by atoms with Gasteiger partial charge in [0.15, 0.2) is 5.58 Å². The van der Waals surface area contributed by atoms with Crippen molar-refractivity contribution in [2.75, 3.05) is 12.3 Å². The lowest BCUT2D eigenvalue weighted by atomic mass is 10.3. The summed E-state index contributed by atoms with van der Waals surface area (Å²) in [5, 5.41) is 1.31. The molecule has 3 aromatic rings. The van der Waals surface area contributed by atoms with Gasteiger partial charge in [0.1, 0.15) is 10.5 Å². The second-order valence-corrected chi connectivity index (χ2v) is 5.03. The molecule has 0 amide bonds. The molecule has 5 nitrogen and oxygen atoms in total. The lowest BCUT2D eigenvalue weighted by Crippen LogP contribution is -1.94. The molecule has 6 heteroatoms. The van der Waals surface area contributed by atoms with Crippen molar-refractivity contribution >= 4 is 28.5 Å². The summed E-state index contributed by atoms with van der Waals surface area (Å²) < 4.78 is 11.0. The fraction of sp³-hybridized carbons (Fsp3) is 0.143. The summed E-state index contributed by atoms with van der Waals surface area (Å²) in [6.07, 6.45) is 0. The minimum atomic E-state index is 0.534. The molecule has 1 aromatic carbocycles. The van der Waals surface area contributed by atoms with Gasteiger partial charge in [-0.15, -0.1) is 0 Å². The quantitative estimate of drug-likeness (QED) is 0.742. The lowest BCUT2D eigenvalue weighted by molar-refractivity contribution is 0.324. The summed E-state index contributed by atoms with van der Waals surface area (Å²) in [4.78, 5) is 8.74. The van der Waals surface area contributed by atoms with Gasteiger partial charge in [-0.05, 0) is 43.0 Å². The number of nitrogens with zero attached hydrogens (tertiary/aromatic N) is 2. The highest BCUT2D eigenvalue weighted by Gasteiger charge is 2.09. The number of oxazole rings is 1. The van der Waals surface area contributed by atoms with Crippen molar-refractivity contribution in [2.45, 2.75) is 17.2 Å². The third-order valence-electron chi connectivity index (χ3n) is 2.57. The summed E-state index contributed by atoms with van der Waals surface area (Å²) in [6.45, 7) is 2.51. The third-order valence-corrected chi connectivity index (χ3v) is 3.36. The summed E-state index contributed by atoms with van der Waals surface area (Å²) in [6, 6.07) is 11.0. The van der Waals surface area contributed by atoms with E-state index in [9.17, 15) is 0 Å². The molecule has 2 heterocycles. The maximum Gasteiger partial charge on any atom is 0.263 e. The Labute approximate surface area is 120 Å². The molecular formula is C14H13N3O2S. The van der Waals surface area contributed by atoms with E-state index in [0.29, 0.717) is 29.0 Å². The summed E-state index contributed by atoms with van der Waals surface area (Å²) in [5.41, 5.74) is 7.84. The number of pyridine rings is 1. The minimum Gasteiger partial charge on any atom is -0.478 e. The molecule has 0 unspecified atom stereocenters. The van der Waals surface area contributed by atoms with Gasteiger partial charge < -0.3 is 14.9 Å². The smallest absolute Gasteiger partial charge is 0.263 e. The molecule has 0 aliphatic rings. The number of fused-ring (bicyclic) bond motifs is 1. The van der Waals surface area contributed by atoms with Crippen LogP contribution in [0.2, 0.25) is 0 Å². The molecule has 0 atom stereocenters. The molecule has 0 bridgehead atoms. The molecule has 20 heavy (non-hydrogen) atoms. The number of benzene rings is 1. The number of hydrogen-bond acceptors (Lipinski definition) is 6. The average Bonchev–Trinajstić information content (AvgIpc) is 2.81. The molecule has 3 rings (SSSR count). The summed E-state index contributed by atoms with van der Waals surface area (Å²) in [5.74, 6) is 0.595. The second-order valence-electron chi connectivity index (χ2n) is 4.06. The standard InChI is InChI=1S/C14H13N3O2S/c1-2-18-12-4-3-5-13(17-12)20-14-16-10-8-9(15)6-7-11(10)19-14/h3-8H,2,15H2,1H3. The Kier molecular flexibility index (Phi) is 3.47. The van der Waals surface area contributed by atoms with Gasteiger partial charge >= 0.3 is 0 Å². The van der Waals surface area contributed by atoms with Gasteiger partial charge in [0.05, 0.1) is 6.61 Å². The van der Waals surface area contributed by atoms with Crippen LogP contribution in [-0.2, 0) is 0 Å². The fourth-order valence-electron chi connectivity index (χ4n) is 1.74. The lowest BCUT2D eigenvalue weighted by Gasteiger charge is -2.02. The Bertz CT molecular complexity index is 742. The minimum absolute atomic E-state index is 0.534. The third kappa shape index (κ3) is 2.70. The van der Waals surface area contributed by atoms with E-state index in [2.05, 4.69) is 9.97 Å². The summed E-state index contributed by atoms with van der Waals surface area (Å²) in [7, 11) is 0. The Hall–Kier alpha value is -2.21. The monoisotopic (exact) mass is 287 g/mol. The van der Waals surface area contributed by atoms with Crippen molar-refractivity contribution in [1.82, 2.24) is 9.97 Å². The van der Waals surface area contributed by atoms with E-state index in [-0.39, 0.29) is 0 Å². The van der Waals surface area contributed by atoms with E-state index in [1.54, 1.807) is 12.1 Å². The van der Waals surface area contributed by atoms with Gasteiger partial charge in [0.2, 0.25) is 5.88 Å². The van der Waals surface area contributed by atoms with E-state index in [1.165, 1.54) is 11.8 Å². The van der Waals surface area contributed by atoms with Crippen molar-refractivity contribution in [3.63, 3.8) is 0 Å². The van der Waals surface area contributed by atoms with Gasteiger partial charge in [0, 0.05) is 11.8 Å². The van der Waals surface area contributed by atoms with Gasteiger partial charge in [-0.3, -0.25) is 0 Å². The Morgan fingerprint density at radius 3 is 3.00 bits per heavy atom. The van der Waals surface area contributed by atoms with Crippen molar-refractivity contribution in [3.05, 3.63) is 36.4 Å². The molecule has 0 aliphatic carbocycles. The van der Waals surface area contributed by atoms with Crippen LogP contribution >= 0.6 is 11.8 Å². The Morgan fingerprint density at radius 2 is 2.15 bits per heavy atom. The van der Waals surface area contributed by atoms with Crippen LogP contribution < -0.4 is 10.5 Å². The van der Waals surface area contributed by atoms with Gasteiger partial charge in [-0.1, -0.05) is 6.07 Å². The molecule has 0 spiro atoms. The number of nitrogens with two attached hydrogens (primary N) is 1.